The average Bonchev–Trinajstić information content (AvgIpc) is 3.25. The molecule has 5 rings (SSSR count). The molecule has 3 saturated carbocycles. The summed E-state index contributed by atoms with van der Waals surface area (Å²) in [5.74, 6) is 4.00. The lowest BCUT2D eigenvalue weighted by molar-refractivity contribution is -0.126. The van der Waals surface area contributed by atoms with E-state index >= 15 is 0 Å². The van der Waals surface area contributed by atoms with Crippen molar-refractivity contribution in [2.75, 3.05) is 0 Å². The Bertz CT molecular complexity index is 1170. The molecule has 4 nitrogen and oxygen atoms in total. The van der Waals surface area contributed by atoms with Gasteiger partial charge in [-0.15, -0.1) is 0 Å². The quantitative estimate of drug-likeness (QED) is 0.175. The third-order valence-electron chi connectivity index (χ3n) is 11.6. The summed E-state index contributed by atoms with van der Waals surface area (Å²) in [6, 6.07) is 6.84. The van der Waals surface area contributed by atoms with Crippen molar-refractivity contribution in [3.05, 3.63) is 41.5 Å². The second-order valence-electron chi connectivity index (χ2n) is 14.3. The highest BCUT2D eigenvalue weighted by Gasteiger charge is 2.60. The van der Waals surface area contributed by atoms with Crippen molar-refractivity contribution in [3.63, 3.8) is 0 Å². The minimum atomic E-state index is -3.83. The van der Waals surface area contributed by atoms with Gasteiger partial charge in [0, 0.05) is 0 Å². The third kappa shape index (κ3) is 5.32. The highest BCUT2D eigenvalue weighted by Crippen LogP contribution is 2.67. The number of benzene rings is 1. The van der Waals surface area contributed by atoms with E-state index in [-0.39, 0.29) is 4.90 Å². The van der Waals surface area contributed by atoms with E-state index in [0.29, 0.717) is 42.4 Å². The van der Waals surface area contributed by atoms with Crippen LogP contribution in [-0.4, -0.2) is 20.8 Å². The summed E-state index contributed by atoms with van der Waals surface area (Å²) in [7, 11) is -3.83. The molecular weight excluding hydrogens is 504 g/mol. The molecular formula is C34H50O4S. The molecule has 0 spiro atoms. The van der Waals surface area contributed by atoms with Crippen molar-refractivity contribution in [1.29, 1.82) is 0 Å². The van der Waals surface area contributed by atoms with Crippen LogP contribution < -0.4 is 0 Å². The van der Waals surface area contributed by atoms with Gasteiger partial charge in [-0.3, -0.25) is 4.18 Å². The Morgan fingerprint density at radius 1 is 1.00 bits per heavy atom. The summed E-state index contributed by atoms with van der Waals surface area (Å²) in [5.41, 5.74) is 2.12. The Balaban J connectivity index is 1.30. The van der Waals surface area contributed by atoms with Crippen molar-refractivity contribution >= 4 is 16.4 Å². The van der Waals surface area contributed by atoms with Crippen LogP contribution in [-0.2, 0) is 19.1 Å². The Kier molecular flexibility index (Phi) is 8.25. The van der Waals surface area contributed by atoms with Gasteiger partial charge >= 0.3 is 0 Å². The number of aldehydes is 1. The summed E-state index contributed by atoms with van der Waals surface area (Å²) in [6.45, 7) is 11.7. The highest BCUT2D eigenvalue weighted by molar-refractivity contribution is 7.86. The van der Waals surface area contributed by atoms with E-state index in [0.717, 1.165) is 41.7 Å². The van der Waals surface area contributed by atoms with Crippen molar-refractivity contribution in [3.8, 4) is 0 Å². The largest absolute Gasteiger partial charge is 0.302 e. The Labute approximate surface area is 237 Å². The minimum absolute atomic E-state index is 0.207. The number of carbonyl (C=O) groups is 1. The van der Waals surface area contributed by atoms with Crippen LogP contribution in [0.4, 0.5) is 0 Å². The van der Waals surface area contributed by atoms with E-state index in [2.05, 4.69) is 33.8 Å². The molecule has 0 amide bonds. The van der Waals surface area contributed by atoms with Crippen LogP contribution in [0.25, 0.3) is 0 Å². The molecule has 3 fully saturated rings. The zero-order valence-corrected chi connectivity index (χ0v) is 25.6. The number of hydrogen-bond donors (Lipinski definition) is 0. The molecule has 1 aromatic rings. The van der Waals surface area contributed by atoms with E-state index in [1.165, 1.54) is 44.8 Å². The molecule has 4 aliphatic carbocycles. The number of aryl methyl sites for hydroxylation is 1. The lowest BCUT2D eigenvalue weighted by atomic mass is 9.46. The van der Waals surface area contributed by atoms with E-state index in [1.54, 1.807) is 24.3 Å². The molecule has 216 valence electrons. The Morgan fingerprint density at radius 3 is 2.44 bits per heavy atom. The number of fused-ring (bicyclic) bond motifs is 5. The van der Waals surface area contributed by atoms with Gasteiger partial charge in [-0.25, -0.2) is 0 Å². The fourth-order valence-corrected chi connectivity index (χ4v) is 10.7. The molecule has 0 saturated heterocycles. The summed E-state index contributed by atoms with van der Waals surface area (Å²) < 4.78 is 31.7. The van der Waals surface area contributed by atoms with Crippen LogP contribution >= 0.6 is 0 Å². The first kappa shape index (κ1) is 29.0. The van der Waals surface area contributed by atoms with Crippen LogP contribution in [0.3, 0.4) is 0 Å². The van der Waals surface area contributed by atoms with E-state index < -0.39 is 21.6 Å². The molecule has 0 radical (unpaired) electrons. The van der Waals surface area contributed by atoms with E-state index in [1.807, 2.05) is 6.92 Å². The van der Waals surface area contributed by atoms with Gasteiger partial charge in [-0.2, -0.15) is 8.42 Å². The van der Waals surface area contributed by atoms with E-state index in [4.69, 9.17) is 4.18 Å². The first-order chi connectivity index (χ1) is 18.5. The molecule has 39 heavy (non-hydrogen) atoms. The predicted octanol–water partition coefficient (Wildman–Crippen LogP) is 8.29. The zero-order valence-electron chi connectivity index (χ0n) is 24.8. The van der Waals surface area contributed by atoms with Crippen molar-refractivity contribution in [2.45, 2.75) is 116 Å². The second kappa shape index (κ2) is 11.1. The molecule has 0 aromatic heterocycles. The Hall–Kier alpha value is -1.46. The summed E-state index contributed by atoms with van der Waals surface area (Å²) in [6.07, 6.45) is 15.1. The topological polar surface area (TPSA) is 60.4 Å². The van der Waals surface area contributed by atoms with Gasteiger partial charge in [0.25, 0.3) is 10.1 Å². The standard InChI is InChI=1S/C34H50O4S/c1-23(2)7-6-8-25(4)30-15-16-31-29-14-11-26-21-27(38-39(36,37)28-12-9-24(3)10-13-28)17-20-34(26,22-35)32(29)18-19-33(30,31)5/h9-13,22-23,25,27,29-32H,6-8,14-21H2,1-5H3. The van der Waals surface area contributed by atoms with Crippen LogP contribution in [0.1, 0.15) is 104 Å². The minimum Gasteiger partial charge on any atom is -0.302 e. The highest BCUT2D eigenvalue weighted by atomic mass is 32.2. The summed E-state index contributed by atoms with van der Waals surface area (Å²) in [5, 5.41) is 0. The maximum Gasteiger partial charge on any atom is 0.297 e. The van der Waals surface area contributed by atoms with Gasteiger partial charge in [0.05, 0.1) is 16.4 Å². The number of rotatable bonds is 9. The number of carbonyl (C=O) groups excluding carboxylic acids is 1. The second-order valence-corrected chi connectivity index (χ2v) is 15.8. The molecule has 0 bridgehead atoms. The molecule has 8 unspecified atom stereocenters. The molecule has 0 aliphatic heterocycles. The first-order valence-corrected chi connectivity index (χ1v) is 17.1. The van der Waals surface area contributed by atoms with Crippen LogP contribution in [0, 0.1) is 53.3 Å². The lowest BCUT2D eigenvalue weighted by Crippen LogP contribution is -2.52. The monoisotopic (exact) mass is 554 g/mol. The lowest BCUT2D eigenvalue weighted by Gasteiger charge is -2.57. The third-order valence-corrected chi connectivity index (χ3v) is 13.0. The van der Waals surface area contributed by atoms with Crippen molar-refractivity contribution in [2.24, 2.45) is 46.3 Å². The summed E-state index contributed by atoms with van der Waals surface area (Å²) >= 11 is 0. The Morgan fingerprint density at radius 2 is 1.74 bits per heavy atom. The van der Waals surface area contributed by atoms with Crippen molar-refractivity contribution in [1.82, 2.24) is 0 Å². The predicted molar refractivity (Wildman–Crippen MR) is 157 cm³/mol. The zero-order chi connectivity index (χ0) is 28.0. The first-order valence-electron chi connectivity index (χ1n) is 15.7. The fourth-order valence-electron chi connectivity index (χ4n) is 9.60. The molecule has 0 heterocycles. The fraction of sp³-hybridized carbons (Fsp3) is 0.735. The van der Waals surface area contributed by atoms with Gasteiger partial charge in [0.2, 0.25) is 0 Å². The van der Waals surface area contributed by atoms with Gasteiger partial charge in [0.15, 0.2) is 0 Å². The molecule has 0 N–H and O–H groups in total. The average molecular weight is 555 g/mol. The van der Waals surface area contributed by atoms with Crippen LogP contribution in [0.5, 0.6) is 0 Å². The molecule has 5 heteroatoms. The van der Waals surface area contributed by atoms with Gasteiger partial charge in [-0.05, 0) is 111 Å². The normalized spacial score (nSPS) is 37.0. The maximum atomic E-state index is 13.0. The van der Waals surface area contributed by atoms with Crippen LogP contribution in [0.2, 0.25) is 0 Å². The van der Waals surface area contributed by atoms with Gasteiger partial charge < -0.3 is 4.79 Å². The maximum absolute atomic E-state index is 13.0. The van der Waals surface area contributed by atoms with Crippen molar-refractivity contribution < 1.29 is 17.4 Å². The number of hydrogen-bond acceptors (Lipinski definition) is 4. The van der Waals surface area contributed by atoms with Gasteiger partial charge in [0.1, 0.15) is 6.29 Å². The SMILES string of the molecule is Cc1ccc(S(=O)(=O)OC2CCC3(C=O)C(=CCC4C3CCC3(C)C(C(C)CCCC(C)C)CCC43)C2)cc1. The molecule has 8 atom stereocenters. The molecule has 4 aliphatic rings. The van der Waals surface area contributed by atoms with E-state index in [9.17, 15) is 13.2 Å². The van der Waals surface area contributed by atoms with Crippen LogP contribution in [0.15, 0.2) is 40.8 Å². The summed E-state index contributed by atoms with van der Waals surface area (Å²) in [4.78, 5) is 13.1. The smallest absolute Gasteiger partial charge is 0.297 e. The number of allylic oxidation sites excluding steroid dienone is 1. The van der Waals surface area contributed by atoms with Gasteiger partial charge in [-0.1, -0.05) is 76.3 Å². The molecule has 1 aromatic carbocycles.